The van der Waals surface area contributed by atoms with Crippen molar-refractivity contribution >= 4 is 23.0 Å². The first-order valence-electron chi connectivity index (χ1n) is 1.26. The van der Waals surface area contributed by atoms with Gasteiger partial charge in [0.1, 0.15) is 23.0 Å². The van der Waals surface area contributed by atoms with Gasteiger partial charge in [0.2, 0.25) is 0 Å². The maximum absolute atomic E-state index is 7.94. The second-order valence-corrected chi connectivity index (χ2v) is 1.16. The van der Waals surface area contributed by atoms with Crippen LogP contribution < -0.4 is 0 Å². The Kier molecular flexibility index (Phi) is 5.25. The Morgan fingerprint density at radius 3 is 2.40 bits per heavy atom. The molecule has 0 aromatic carbocycles. The molecule has 1 N–H and O–H groups in total. The van der Waals surface area contributed by atoms with Crippen LogP contribution in [0.15, 0.2) is 0 Å². The van der Waals surface area contributed by atoms with Crippen LogP contribution in [0.3, 0.4) is 0 Å². The molecule has 5 heavy (non-hydrogen) atoms. The van der Waals surface area contributed by atoms with Crippen LogP contribution in [-0.4, -0.2) is 18.3 Å². The van der Waals surface area contributed by atoms with Gasteiger partial charge in [0, 0.05) is 0 Å². The number of rotatable bonds is 2. The summed E-state index contributed by atoms with van der Waals surface area (Å²) in [5, 5.41) is 7.94. The molecule has 0 rings (SSSR count). The van der Waals surface area contributed by atoms with Crippen molar-refractivity contribution in [2.24, 2.45) is 0 Å². The van der Waals surface area contributed by atoms with Gasteiger partial charge < -0.3 is 8.17 Å². The summed E-state index contributed by atoms with van der Waals surface area (Å²) in [7, 11) is 0. The van der Waals surface area contributed by atoms with E-state index in [0.717, 1.165) is 0 Å². The van der Waals surface area contributed by atoms with Crippen LogP contribution in [0.1, 0.15) is 0 Å². The molecule has 0 bridgehead atoms. The van der Waals surface area contributed by atoms with E-state index in [1.165, 1.54) is 0 Å². The minimum absolute atomic E-state index is 0.114. The summed E-state index contributed by atoms with van der Waals surface area (Å²) in [5.74, 6) is 0. The Morgan fingerprint density at radius 1 is 1.80 bits per heavy atom. The quantitative estimate of drug-likeness (QED) is 0.633. The van der Waals surface area contributed by atoms with Crippen molar-refractivity contribution in [3.63, 3.8) is 0 Å². The zero-order chi connectivity index (χ0) is 4.12. The van der Waals surface area contributed by atoms with Crippen LogP contribution in [0.5, 0.6) is 0 Å². The van der Waals surface area contributed by atoms with Crippen molar-refractivity contribution in [3.05, 3.63) is 0 Å². The number of hydrogen-bond donors (Lipinski definition) is 1. The normalized spacial score (nSPS) is 8.40. The molecule has 2 nitrogen and oxygen atoms in total. The van der Waals surface area contributed by atoms with E-state index in [1.807, 2.05) is 0 Å². The Morgan fingerprint density at radius 2 is 2.40 bits per heavy atom. The first-order chi connectivity index (χ1) is 2.41. The molecule has 3 heteroatoms. The highest BCUT2D eigenvalue weighted by Gasteiger charge is 1.69. The van der Waals surface area contributed by atoms with Gasteiger partial charge >= 0.3 is 0 Å². The predicted molar refractivity (Wildman–Crippen MR) is 27.1 cm³/mol. The Hall–Kier alpha value is 0.650. The molecule has 0 spiro atoms. The van der Waals surface area contributed by atoms with Crippen LogP contribution in [-0.2, 0) is 3.07 Å². The van der Waals surface area contributed by atoms with Crippen molar-refractivity contribution in [1.29, 1.82) is 0 Å². The topological polar surface area (TPSA) is 29.5 Å². The highest BCUT2D eigenvalue weighted by molar-refractivity contribution is 14.1. The smallest absolute Gasteiger partial charge is 0.109 e. The lowest BCUT2D eigenvalue weighted by molar-refractivity contribution is 0.237. The molecule has 0 aliphatic carbocycles. The van der Waals surface area contributed by atoms with Crippen LogP contribution in [0.4, 0.5) is 0 Å². The van der Waals surface area contributed by atoms with Gasteiger partial charge in [-0.1, -0.05) is 0 Å². The molecule has 0 saturated heterocycles. The first kappa shape index (κ1) is 5.65. The van der Waals surface area contributed by atoms with Crippen molar-refractivity contribution in [1.82, 2.24) is 0 Å². The molecular formula is C2H5IO2. The molecule has 0 aliphatic rings. The SMILES string of the molecule is OCCOI. The summed E-state index contributed by atoms with van der Waals surface area (Å²) < 4.78 is 4.41. The van der Waals surface area contributed by atoms with Gasteiger partial charge in [-0.05, 0) is 0 Å². The summed E-state index contributed by atoms with van der Waals surface area (Å²) in [6, 6.07) is 0. The molecule has 0 radical (unpaired) electrons. The number of hydrogen-bond acceptors (Lipinski definition) is 2. The zero-order valence-electron chi connectivity index (χ0n) is 2.65. The monoisotopic (exact) mass is 188 g/mol. The third-order valence-electron chi connectivity index (χ3n) is 0.168. The maximum Gasteiger partial charge on any atom is 0.109 e. The minimum Gasteiger partial charge on any atom is -0.394 e. The third kappa shape index (κ3) is 4.65. The minimum atomic E-state index is 0.114. The fraction of sp³-hybridized carbons (Fsp3) is 1.00. The maximum atomic E-state index is 7.94. The second kappa shape index (κ2) is 4.65. The lowest BCUT2D eigenvalue weighted by Gasteiger charge is -1.81. The van der Waals surface area contributed by atoms with Gasteiger partial charge in [-0.3, -0.25) is 0 Å². The Bertz CT molecular complexity index is 15.1. The third-order valence-corrected chi connectivity index (χ3v) is 0.609. The van der Waals surface area contributed by atoms with E-state index in [0.29, 0.717) is 6.61 Å². The largest absolute Gasteiger partial charge is 0.394 e. The van der Waals surface area contributed by atoms with E-state index in [9.17, 15) is 0 Å². The molecule has 0 saturated carbocycles. The van der Waals surface area contributed by atoms with Crippen molar-refractivity contribution in [3.8, 4) is 0 Å². The lowest BCUT2D eigenvalue weighted by atomic mass is 10.8. The summed E-state index contributed by atoms with van der Waals surface area (Å²) in [6.07, 6.45) is 0. The average Bonchev–Trinajstić information content (AvgIpc) is 1.41. The van der Waals surface area contributed by atoms with E-state index in [-0.39, 0.29) is 6.61 Å². The summed E-state index contributed by atoms with van der Waals surface area (Å²) in [5.41, 5.74) is 0. The molecule has 0 aromatic rings. The highest BCUT2D eigenvalue weighted by Crippen LogP contribution is 1.79. The second-order valence-electron chi connectivity index (χ2n) is 0.537. The number of halogens is 1. The van der Waals surface area contributed by atoms with Gasteiger partial charge in [0.05, 0.1) is 13.2 Å². The van der Waals surface area contributed by atoms with Crippen molar-refractivity contribution in [2.75, 3.05) is 13.2 Å². The van der Waals surface area contributed by atoms with Crippen molar-refractivity contribution < 1.29 is 8.17 Å². The van der Waals surface area contributed by atoms with Gasteiger partial charge in [-0.2, -0.15) is 0 Å². The summed E-state index contributed by atoms with van der Waals surface area (Å²) in [4.78, 5) is 0. The molecule has 0 fully saturated rings. The number of aliphatic hydroxyl groups excluding tert-OH is 1. The lowest BCUT2D eigenvalue weighted by Crippen LogP contribution is -1.87. The fourth-order valence-corrected chi connectivity index (χ4v) is 0.231. The summed E-state index contributed by atoms with van der Waals surface area (Å²) >= 11 is 1.73. The molecule has 0 aliphatic heterocycles. The molecule has 0 aromatic heterocycles. The van der Waals surface area contributed by atoms with Crippen LogP contribution >= 0.6 is 23.0 Å². The molecule has 0 unspecified atom stereocenters. The van der Waals surface area contributed by atoms with E-state index in [2.05, 4.69) is 3.07 Å². The van der Waals surface area contributed by atoms with Gasteiger partial charge in [-0.25, -0.2) is 0 Å². The molecule has 32 valence electrons. The van der Waals surface area contributed by atoms with Crippen LogP contribution in [0.25, 0.3) is 0 Å². The van der Waals surface area contributed by atoms with E-state index >= 15 is 0 Å². The zero-order valence-corrected chi connectivity index (χ0v) is 4.81. The van der Waals surface area contributed by atoms with Gasteiger partial charge in [0.15, 0.2) is 0 Å². The molecule has 0 amide bonds. The fourth-order valence-electron chi connectivity index (χ4n) is 0.0345. The predicted octanol–water partition coefficient (Wildman–Crippen LogP) is 0.345. The van der Waals surface area contributed by atoms with E-state index in [4.69, 9.17) is 5.11 Å². The molecule has 0 heterocycles. The number of aliphatic hydroxyl groups is 1. The highest BCUT2D eigenvalue weighted by atomic mass is 127. The van der Waals surface area contributed by atoms with Gasteiger partial charge in [0.25, 0.3) is 0 Å². The van der Waals surface area contributed by atoms with Crippen molar-refractivity contribution in [2.45, 2.75) is 0 Å². The van der Waals surface area contributed by atoms with Crippen LogP contribution in [0, 0.1) is 0 Å². The van der Waals surface area contributed by atoms with Crippen LogP contribution in [0.2, 0.25) is 0 Å². The Balaban J connectivity index is 2.19. The standard InChI is InChI=1S/C2H5IO2/c3-5-2-1-4/h4H,1-2H2. The molecule has 0 atom stereocenters. The Labute approximate surface area is 44.8 Å². The summed E-state index contributed by atoms with van der Waals surface area (Å²) in [6.45, 7) is 0.545. The first-order valence-corrected chi connectivity index (χ1v) is 2.14. The molecular weight excluding hydrogens is 183 g/mol. The van der Waals surface area contributed by atoms with Gasteiger partial charge in [-0.15, -0.1) is 0 Å². The average molecular weight is 188 g/mol. The van der Waals surface area contributed by atoms with E-state index < -0.39 is 0 Å². The van der Waals surface area contributed by atoms with E-state index in [1.54, 1.807) is 23.0 Å².